The van der Waals surface area contributed by atoms with Gasteiger partial charge in [-0.2, -0.15) is 0 Å². The highest BCUT2D eigenvalue weighted by molar-refractivity contribution is 6.04. The number of carbonyl (C=O) groups is 2. The number of ether oxygens (including phenoxy) is 1. The lowest BCUT2D eigenvalue weighted by Crippen LogP contribution is -2.38. The molecule has 0 fully saturated rings. The van der Waals surface area contributed by atoms with Gasteiger partial charge in [-0.1, -0.05) is 19.1 Å². The number of pyridine rings is 2. The number of hydrogen-bond donors (Lipinski definition) is 1. The Morgan fingerprint density at radius 2 is 1.82 bits per heavy atom. The molecule has 0 amide bonds. The van der Waals surface area contributed by atoms with Crippen molar-refractivity contribution in [2.45, 2.75) is 46.5 Å². The fourth-order valence-electron chi connectivity index (χ4n) is 4.42. The van der Waals surface area contributed by atoms with Crippen molar-refractivity contribution >= 4 is 23.1 Å². The van der Waals surface area contributed by atoms with E-state index in [1.807, 2.05) is 50.2 Å². The molecule has 6 nitrogen and oxygen atoms in total. The second-order valence-corrected chi connectivity index (χ2v) is 8.56. The van der Waals surface area contributed by atoms with Crippen molar-refractivity contribution in [2.24, 2.45) is 5.41 Å². The number of ketones is 1. The first kappa shape index (κ1) is 22.6. The Bertz CT molecular complexity index is 1160. The highest BCUT2D eigenvalue weighted by atomic mass is 16.5. The summed E-state index contributed by atoms with van der Waals surface area (Å²) >= 11 is 0. The van der Waals surface area contributed by atoms with E-state index < -0.39 is 5.41 Å². The molecule has 1 N–H and O–H groups in total. The fourth-order valence-corrected chi connectivity index (χ4v) is 4.42. The average molecular weight is 444 g/mol. The number of anilines is 2. The lowest BCUT2D eigenvalue weighted by Gasteiger charge is -2.35. The number of esters is 1. The van der Waals surface area contributed by atoms with Crippen LogP contribution in [0.5, 0.6) is 0 Å². The number of Topliss-reactive ketones (excluding diaryl/α,β-unsaturated/α-hetero) is 1. The number of fused-ring (bicyclic) bond motifs is 1. The van der Waals surface area contributed by atoms with Crippen molar-refractivity contribution in [3.05, 3.63) is 71.7 Å². The predicted molar refractivity (Wildman–Crippen MR) is 129 cm³/mol. The SMILES string of the molecule is CCOC(=O)CC1(CC)CCc2cc(-c3ccc(Nc4ccc(C)nc4)cn3)ccc2C1=O. The normalized spacial score (nSPS) is 17.4. The second-order valence-electron chi connectivity index (χ2n) is 8.56. The highest BCUT2D eigenvalue weighted by Crippen LogP contribution is 2.42. The molecule has 6 heteroatoms. The molecule has 1 aliphatic rings. The molecule has 3 aromatic rings. The van der Waals surface area contributed by atoms with Crippen LogP contribution >= 0.6 is 0 Å². The Labute approximate surface area is 194 Å². The highest BCUT2D eigenvalue weighted by Gasteiger charge is 2.43. The number of hydrogen-bond acceptors (Lipinski definition) is 6. The number of carbonyl (C=O) groups excluding carboxylic acids is 2. The molecular formula is C27H29N3O3. The predicted octanol–water partition coefficient (Wildman–Crippen LogP) is 5.67. The quantitative estimate of drug-likeness (QED) is 0.474. The van der Waals surface area contributed by atoms with Crippen molar-refractivity contribution in [3.63, 3.8) is 0 Å². The molecule has 0 saturated heterocycles. The molecule has 0 spiro atoms. The van der Waals surface area contributed by atoms with E-state index in [4.69, 9.17) is 4.74 Å². The molecule has 0 bridgehead atoms. The molecule has 1 atom stereocenters. The zero-order chi connectivity index (χ0) is 23.4. The molecule has 2 heterocycles. The van der Waals surface area contributed by atoms with Crippen LogP contribution in [0.1, 0.15) is 54.7 Å². The molecule has 2 aromatic heterocycles. The van der Waals surface area contributed by atoms with Crippen LogP contribution in [0.2, 0.25) is 0 Å². The molecule has 1 aromatic carbocycles. The van der Waals surface area contributed by atoms with Crippen LogP contribution in [-0.4, -0.2) is 28.3 Å². The first-order chi connectivity index (χ1) is 15.9. The topological polar surface area (TPSA) is 81.2 Å². The lowest BCUT2D eigenvalue weighted by molar-refractivity contribution is -0.145. The maximum atomic E-state index is 13.4. The van der Waals surface area contributed by atoms with Crippen LogP contribution in [0.3, 0.4) is 0 Å². The van der Waals surface area contributed by atoms with Gasteiger partial charge in [-0.25, -0.2) is 0 Å². The van der Waals surface area contributed by atoms with E-state index in [-0.39, 0.29) is 18.2 Å². The van der Waals surface area contributed by atoms with Gasteiger partial charge in [0, 0.05) is 22.2 Å². The van der Waals surface area contributed by atoms with E-state index in [1.165, 1.54) is 0 Å². The lowest BCUT2D eigenvalue weighted by atomic mass is 9.67. The van der Waals surface area contributed by atoms with E-state index in [0.29, 0.717) is 25.0 Å². The molecule has 33 heavy (non-hydrogen) atoms. The van der Waals surface area contributed by atoms with Gasteiger partial charge in [-0.15, -0.1) is 0 Å². The Morgan fingerprint density at radius 3 is 2.45 bits per heavy atom. The Morgan fingerprint density at radius 1 is 1.06 bits per heavy atom. The summed E-state index contributed by atoms with van der Waals surface area (Å²) in [5.41, 5.74) is 5.63. The molecule has 1 aliphatic carbocycles. The van der Waals surface area contributed by atoms with Crippen molar-refractivity contribution in [2.75, 3.05) is 11.9 Å². The molecule has 4 rings (SSSR count). The number of aromatic nitrogens is 2. The van der Waals surface area contributed by atoms with E-state index >= 15 is 0 Å². The van der Waals surface area contributed by atoms with E-state index in [1.54, 1.807) is 19.3 Å². The number of nitrogens with one attached hydrogen (secondary N) is 1. The van der Waals surface area contributed by atoms with E-state index in [2.05, 4.69) is 21.4 Å². The molecule has 0 radical (unpaired) electrons. The van der Waals surface area contributed by atoms with Gasteiger partial charge in [0.05, 0.1) is 42.5 Å². The van der Waals surface area contributed by atoms with Gasteiger partial charge in [0.25, 0.3) is 0 Å². The second kappa shape index (κ2) is 9.53. The first-order valence-electron chi connectivity index (χ1n) is 11.4. The van der Waals surface area contributed by atoms with E-state index in [0.717, 1.165) is 40.3 Å². The van der Waals surface area contributed by atoms with Gasteiger partial charge in [-0.3, -0.25) is 19.6 Å². The monoisotopic (exact) mass is 443 g/mol. The standard InChI is InChI=1S/C27H29N3O3/c1-4-27(15-25(31)33-5-2)13-12-19-14-20(7-10-23(19)26(27)32)24-11-9-22(17-29-24)30-21-8-6-18(3)28-16-21/h6-11,14,16-17,30H,4-5,12-13,15H2,1-3H3. The van der Waals surface area contributed by atoms with Crippen LogP contribution in [0.4, 0.5) is 11.4 Å². The fraction of sp³-hybridized carbons (Fsp3) is 0.333. The van der Waals surface area contributed by atoms with Crippen molar-refractivity contribution in [3.8, 4) is 11.3 Å². The van der Waals surface area contributed by atoms with Gasteiger partial charge in [0.15, 0.2) is 5.78 Å². The number of aryl methyl sites for hydroxylation is 2. The minimum Gasteiger partial charge on any atom is -0.466 e. The molecule has 1 unspecified atom stereocenters. The summed E-state index contributed by atoms with van der Waals surface area (Å²) in [5.74, 6) is -0.253. The van der Waals surface area contributed by atoms with Crippen LogP contribution in [0.15, 0.2) is 54.9 Å². The first-order valence-corrected chi connectivity index (χ1v) is 11.4. The summed E-state index contributed by atoms with van der Waals surface area (Å²) in [6.45, 7) is 6.04. The zero-order valence-electron chi connectivity index (χ0n) is 19.4. The van der Waals surface area contributed by atoms with Gasteiger partial charge >= 0.3 is 5.97 Å². The Hall–Kier alpha value is -3.54. The summed E-state index contributed by atoms with van der Waals surface area (Å²) in [6, 6.07) is 13.8. The molecule has 170 valence electrons. The zero-order valence-corrected chi connectivity index (χ0v) is 19.4. The van der Waals surface area contributed by atoms with Gasteiger partial charge in [0.2, 0.25) is 0 Å². The third kappa shape index (κ3) is 4.80. The summed E-state index contributed by atoms with van der Waals surface area (Å²) in [5, 5.41) is 3.30. The summed E-state index contributed by atoms with van der Waals surface area (Å²) in [4.78, 5) is 34.4. The van der Waals surface area contributed by atoms with Crippen LogP contribution < -0.4 is 5.32 Å². The third-order valence-corrected chi connectivity index (χ3v) is 6.43. The summed E-state index contributed by atoms with van der Waals surface area (Å²) in [6.07, 6.45) is 5.76. The Kier molecular flexibility index (Phi) is 6.54. The molecule has 0 saturated carbocycles. The van der Waals surface area contributed by atoms with Gasteiger partial charge in [-0.05, 0) is 69.0 Å². The smallest absolute Gasteiger partial charge is 0.306 e. The average Bonchev–Trinajstić information content (AvgIpc) is 2.83. The van der Waals surface area contributed by atoms with Crippen LogP contribution in [0, 0.1) is 12.3 Å². The van der Waals surface area contributed by atoms with Crippen LogP contribution in [-0.2, 0) is 16.0 Å². The van der Waals surface area contributed by atoms with Gasteiger partial charge in [0.1, 0.15) is 0 Å². The minimum atomic E-state index is -0.669. The number of nitrogens with zero attached hydrogens (tertiary/aromatic N) is 2. The Balaban J connectivity index is 1.52. The number of benzene rings is 1. The maximum absolute atomic E-state index is 13.4. The van der Waals surface area contributed by atoms with Crippen molar-refractivity contribution in [1.82, 2.24) is 9.97 Å². The van der Waals surface area contributed by atoms with Crippen LogP contribution in [0.25, 0.3) is 11.3 Å². The largest absolute Gasteiger partial charge is 0.466 e. The van der Waals surface area contributed by atoms with Gasteiger partial charge < -0.3 is 10.1 Å². The third-order valence-electron chi connectivity index (χ3n) is 6.43. The van der Waals surface area contributed by atoms with Crippen molar-refractivity contribution < 1.29 is 14.3 Å². The summed E-state index contributed by atoms with van der Waals surface area (Å²) in [7, 11) is 0. The molecule has 0 aliphatic heterocycles. The van der Waals surface area contributed by atoms with E-state index in [9.17, 15) is 9.59 Å². The minimum absolute atomic E-state index is 0.0464. The van der Waals surface area contributed by atoms with Crippen molar-refractivity contribution in [1.29, 1.82) is 0 Å². The summed E-state index contributed by atoms with van der Waals surface area (Å²) < 4.78 is 5.13. The number of rotatable bonds is 7. The maximum Gasteiger partial charge on any atom is 0.306 e. The molecular weight excluding hydrogens is 414 g/mol.